The van der Waals surface area contributed by atoms with Crippen molar-refractivity contribution in [3.63, 3.8) is 0 Å². The average Bonchev–Trinajstić information content (AvgIpc) is 3.42. The van der Waals surface area contributed by atoms with Crippen molar-refractivity contribution in [1.29, 1.82) is 0 Å². The first kappa shape index (κ1) is 22.2. The normalized spacial score (nSPS) is 11.5. The molecule has 7 nitrogen and oxygen atoms in total. The van der Waals surface area contributed by atoms with Crippen molar-refractivity contribution < 1.29 is 13.2 Å². The Morgan fingerprint density at radius 3 is 2.47 bits per heavy atom. The third-order valence-electron chi connectivity index (χ3n) is 4.79. The van der Waals surface area contributed by atoms with Gasteiger partial charge in [-0.1, -0.05) is 41.9 Å². The minimum absolute atomic E-state index is 0.0481. The molecule has 0 radical (unpaired) electrons. The Hall–Kier alpha value is -2.98. The number of carbonyl (C=O) groups excluding carboxylic acids is 1. The summed E-state index contributed by atoms with van der Waals surface area (Å²) in [6.45, 7) is 0.268. The lowest BCUT2D eigenvalue weighted by Crippen LogP contribution is -2.26. The van der Waals surface area contributed by atoms with Gasteiger partial charge in [0.25, 0.3) is 5.91 Å². The first-order valence-corrected chi connectivity index (χ1v) is 12.3. The smallest absolute Gasteiger partial charge is 0.254 e. The van der Waals surface area contributed by atoms with E-state index in [-0.39, 0.29) is 22.2 Å². The van der Waals surface area contributed by atoms with Gasteiger partial charge >= 0.3 is 0 Å². The summed E-state index contributed by atoms with van der Waals surface area (Å²) in [5.74, 6) is -0.314. The number of nitrogens with zero attached hydrogens (tertiary/aromatic N) is 3. The van der Waals surface area contributed by atoms with Gasteiger partial charge in [-0.15, -0.1) is 11.3 Å². The summed E-state index contributed by atoms with van der Waals surface area (Å²) in [6.07, 6.45) is 1.88. The topological polar surface area (TPSA) is 98.3 Å². The number of sulfonamides is 1. The number of para-hydroxylation sites is 1. The molecule has 0 aliphatic carbocycles. The lowest BCUT2D eigenvalue weighted by molar-refractivity contribution is 0.0785. The van der Waals surface area contributed by atoms with E-state index in [1.54, 1.807) is 23.9 Å². The monoisotopic (exact) mass is 486 g/mol. The molecule has 4 rings (SSSR count). The number of carbonyl (C=O) groups is 1. The van der Waals surface area contributed by atoms with Crippen LogP contribution in [0.15, 0.2) is 76.4 Å². The van der Waals surface area contributed by atoms with Gasteiger partial charge in [-0.25, -0.2) is 18.2 Å². The molecule has 0 aliphatic rings. The van der Waals surface area contributed by atoms with Gasteiger partial charge in [0, 0.05) is 41.3 Å². The predicted molar refractivity (Wildman–Crippen MR) is 125 cm³/mol. The molecule has 2 aromatic heterocycles. The molecule has 0 saturated heterocycles. The molecule has 0 atom stereocenters. The molecule has 164 valence electrons. The summed E-state index contributed by atoms with van der Waals surface area (Å²) >= 11 is 6.96. The fraction of sp³-hybridized carbons (Fsp3) is 0.0909. The van der Waals surface area contributed by atoms with E-state index in [0.717, 1.165) is 33.8 Å². The van der Waals surface area contributed by atoms with Crippen LogP contribution in [-0.4, -0.2) is 36.1 Å². The van der Waals surface area contributed by atoms with Crippen molar-refractivity contribution in [3.8, 4) is 16.9 Å². The van der Waals surface area contributed by atoms with Crippen LogP contribution in [0.5, 0.6) is 0 Å². The van der Waals surface area contributed by atoms with Crippen LogP contribution in [0.25, 0.3) is 16.9 Å². The predicted octanol–water partition coefficient (Wildman–Crippen LogP) is 4.17. The number of primary sulfonamides is 1. The van der Waals surface area contributed by atoms with Crippen LogP contribution in [0.1, 0.15) is 15.9 Å². The van der Waals surface area contributed by atoms with Crippen LogP contribution in [0.4, 0.5) is 0 Å². The van der Waals surface area contributed by atoms with Crippen molar-refractivity contribution >= 4 is 38.9 Å². The summed E-state index contributed by atoms with van der Waals surface area (Å²) < 4.78 is 24.8. The minimum Gasteiger partial charge on any atom is -0.337 e. The van der Waals surface area contributed by atoms with E-state index in [4.69, 9.17) is 21.8 Å². The molecule has 0 saturated carbocycles. The summed E-state index contributed by atoms with van der Waals surface area (Å²) in [6, 6.07) is 18.3. The van der Waals surface area contributed by atoms with E-state index < -0.39 is 10.0 Å². The van der Waals surface area contributed by atoms with E-state index in [2.05, 4.69) is 0 Å². The van der Waals surface area contributed by atoms with Gasteiger partial charge in [-0.2, -0.15) is 5.10 Å². The van der Waals surface area contributed by atoms with E-state index in [9.17, 15) is 13.2 Å². The SMILES string of the molecule is CN(Cc1cn(-c2ccccc2)nc1-c1ccc(Cl)cc1)C(=O)c1csc(S(N)(=O)=O)c1. The van der Waals surface area contributed by atoms with E-state index in [1.165, 1.54) is 16.3 Å². The summed E-state index contributed by atoms with van der Waals surface area (Å²) in [7, 11) is -2.20. The molecule has 0 fully saturated rings. The molecular formula is C22H19ClN4O3S2. The second kappa shape index (κ2) is 8.87. The third-order valence-corrected chi connectivity index (χ3v) is 7.42. The highest BCUT2D eigenvalue weighted by Crippen LogP contribution is 2.27. The molecule has 10 heteroatoms. The molecule has 2 N–H and O–H groups in total. The Morgan fingerprint density at radius 2 is 1.84 bits per heavy atom. The van der Waals surface area contributed by atoms with Gasteiger partial charge in [0.1, 0.15) is 4.21 Å². The summed E-state index contributed by atoms with van der Waals surface area (Å²) in [4.78, 5) is 14.4. The number of nitrogens with two attached hydrogens (primary N) is 1. The Balaban J connectivity index is 1.67. The zero-order chi connectivity index (χ0) is 22.9. The van der Waals surface area contributed by atoms with Gasteiger partial charge in [0.05, 0.1) is 16.9 Å². The van der Waals surface area contributed by atoms with Gasteiger partial charge in [-0.3, -0.25) is 4.79 Å². The van der Waals surface area contributed by atoms with Crippen molar-refractivity contribution in [2.24, 2.45) is 5.14 Å². The first-order valence-electron chi connectivity index (χ1n) is 9.49. The number of amides is 1. The summed E-state index contributed by atoms with van der Waals surface area (Å²) in [5.41, 5.74) is 3.57. The Morgan fingerprint density at radius 1 is 1.16 bits per heavy atom. The van der Waals surface area contributed by atoms with Crippen LogP contribution in [0, 0.1) is 0 Å². The number of halogens is 1. The van der Waals surface area contributed by atoms with E-state index >= 15 is 0 Å². The largest absolute Gasteiger partial charge is 0.337 e. The van der Waals surface area contributed by atoms with Crippen molar-refractivity contribution in [2.75, 3.05) is 7.05 Å². The quantitative estimate of drug-likeness (QED) is 0.442. The maximum absolute atomic E-state index is 12.9. The Bertz CT molecular complexity index is 1360. The van der Waals surface area contributed by atoms with Gasteiger partial charge in [0.15, 0.2) is 0 Å². The zero-order valence-corrected chi connectivity index (χ0v) is 19.4. The number of rotatable bonds is 6. The maximum atomic E-state index is 12.9. The molecule has 0 aliphatic heterocycles. The Kier molecular flexibility index (Phi) is 6.16. The average molecular weight is 487 g/mol. The van der Waals surface area contributed by atoms with Gasteiger partial charge in [0.2, 0.25) is 10.0 Å². The van der Waals surface area contributed by atoms with E-state index in [1.807, 2.05) is 48.7 Å². The third kappa shape index (κ3) is 4.76. The highest BCUT2D eigenvalue weighted by molar-refractivity contribution is 7.91. The lowest BCUT2D eigenvalue weighted by atomic mass is 10.1. The number of hydrogen-bond donors (Lipinski definition) is 1. The molecule has 2 heterocycles. The van der Waals surface area contributed by atoms with Crippen LogP contribution in [0.3, 0.4) is 0 Å². The number of benzene rings is 2. The van der Waals surface area contributed by atoms with Crippen molar-refractivity contribution in [2.45, 2.75) is 10.8 Å². The minimum atomic E-state index is -3.85. The number of thiophene rings is 1. The van der Waals surface area contributed by atoms with Crippen molar-refractivity contribution in [3.05, 3.63) is 88.4 Å². The van der Waals surface area contributed by atoms with Crippen LogP contribution >= 0.6 is 22.9 Å². The first-order chi connectivity index (χ1) is 15.2. The zero-order valence-electron chi connectivity index (χ0n) is 17.0. The molecule has 0 spiro atoms. The Labute approximate surface area is 194 Å². The molecule has 32 heavy (non-hydrogen) atoms. The van der Waals surface area contributed by atoms with Gasteiger partial charge < -0.3 is 4.90 Å². The van der Waals surface area contributed by atoms with Crippen LogP contribution in [0.2, 0.25) is 5.02 Å². The highest BCUT2D eigenvalue weighted by Gasteiger charge is 2.21. The molecule has 0 unspecified atom stereocenters. The number of aromatic nitrogens is 2. The second-order valence-electron chi connectivity index (χ2n) is 7.15. The standard InChI is InChI=1S/C22H19ClN4O3S2/c1-26(22(28)16-11-20(31-14-16)32(24,29)30)12-17-13-27(19-5-3-2-4-6-19)25-21(17)15-7-9-18(23)10-8-15/h2-11,13-14H,12H2,1H3,(H2,24,29,30). The lowest BCUT2D eigenvalue weighted by Gasteiger charge is -2.16. The molecular weight excluding hydrogens is 468 g/mol. The van der Waals surface area contributed by atoms with E-state index in [0.29, 0.717) is 5.02 Å². The molecule has 4 aromatic rings. The molecule has 0 bridgehead atoms. The fourth-order valence-corrected chi connectivity index (χ4v) is 4.92. The maximum Gasteiger partial charge on any atom is 0.254 e. The van der Waals surface area contributed by atoms with Gasteiger partial charge in [-0.05, 0) is 30.3 Å². The van der Waals surface area contributed by atoms with Crippen LogP contribution in [-0.2, 0) is 16.6 Å². The second-order valence-corrected chi connectivity index (χ2v) is 10.3. The van der Waals surface area contributed by atoms with Crippen molar-refractivity contribution in [1.82, 2.24) is 14.7 Å². The number of hydrogen-bond acceptors (Lipinski definition) is 5. The molecule has 1 amide bonds. The highest BCUT2D eigenvalue weighted by atomic mass is 35.5. The summed E-state index contributed by atoms with van der Waals surface area (Å²) in [5, 5.41) is 12.0. The molecule has 2 aromatic carbocycles. The van der Waals surface area contributed by atoms with Crippen LogP contribution < -0.4 is 5.14 Å². The fourth-order valence-electron chi connectivity index (χ4n) is 3.21.